The second-order valence-electron chi connectivity index (χ2n) is 5.74. The molecule has 0 amide bonds. The molecule has 1 N–H and O–H groups in total. The maximum Gasteiger partial charge on any atom is 0.252 e. The Hall–Kier alpha value is -0.0800. The van der Waals surface area contributed by atoms with E-state index in [1.807, 2.05) is 17.8 Å². The molecule has 2 aliphatic rings. The SMILES string of the molecule is CN(C1CCSC1)S(=O)(=O)c1ccc(CCNC2CC2)s1. The minimum Gasteiger partial charge on any atom is -0.314 e. The van der Waals surface area contributed by atoms with Crippen molar-refractivity contribution >= 4 is 33.1 Å². The van der Waals surface area contributed by atoms with Crippen molar-refractivity contribution in [2.45, 2.75) is 42.0 Å². The summed E-state index contributed by atoms with van der Waals surface area (Å²) >= 11 is 3.26. The largest absolute Gasteiger partial charge is 0.314 e. The zero-order chi connectivity index (χ0) is 14.9. The Bertz CT molecular complexity index is 575. The first-order valence-corrected chi connectivity index (χ1v) is 10.9. The molecule has 0 spiro atoms. The molecule has 0 radical (unpaired) electrons. The molecule has 1 unspecified atom stereocenters. The highest BCUT2D eigenvalue weighted by atomic mass is 32.2. The van der Waals surface area contributed by atoms with Crippen LogP contribution in [0.15, 0.2) is 16.3 Å². The molecule has 2 heterocycles. The van der Waals surface area contributed by atoms with E-state index in [1.165, 1.54) is 24.2 Å². The number of rotatable bonds is 7. The molecule has 1 aromatic rings. The molecule has 1 aliphatic carbocycles. The van der Waals surface area contributed by atoms with Crippen molar-refractivity contribution in [2.75, 3.05) is 25.1 Å². The third-order valence-corrected chi connectivity index (χ3v) is 8.74. The van der Waals surface area contributed by atoms with Gasteiger partial charge in [-0.05, 0) is 43.6 Å². The van der Waals surface area contributed by atoms with Crippen molar-refractivity contribution in [3.8, 4) is 0 Å². The van der Waals surface area contributed by atoms with Gasteiger partial charge in [0.1, 0.15) is 4.21 Å². The Morgan fingerprint density at radius 2 is 2.14 bits per heavy atom. The third kappa shape index (κ3) is 3.82. The molecule has 7 heteroatoms. The van der Waals surface area contributed by atoms with Crippen LogP contribution in [0.4, 0.5) is 0 Å². The molecule has 1 atom stereocenters. The van der Waals surface area contributed by atoms with Crippen LogP contribution in [0.5, 0.6) is 0 Å². The Kier molecular flexibility index (Phi) is 4.95. The average molecular weight is 347 g/mol. The van der Waals surface area contributed by atoms with Crippen LogP contribution in [0, 0.1) is 0 Å². The van der Waals surface area contributed by atoms with Crippen LogP contribution >= 0.6 is 23.1 Å². The highest BCUT2D eigenvalue weighted by Crippen LogP contribution is 2.30. The lowest BCUT2D eigenvalue weighted by Gasteiger charge is -2.22. The molecular weight excluding hydrogens is 324 g/mol. The average Bonchev–Trinajstić information content (AvgIpc) is 2.96. The Morgan fingerprint density at radius 3 is 2.81 bits per heavy atom. The van der Waals surface area contributed by atoms with E-state index in [1.54, 1.807) is 17.4 Å². The predicted molar refractivity (Wildman–Crippen MR) is 89.7 cm³/mol. The number of nitrogens with zero attached hydrogens (tertiary/aromatic N) is 1. The standard InChI is InChI=1S/C14H22N2O2S3/c1-16(12-7-9-19-10-12)21(17,18)14-5-4-13(20-14)6-8-15-11-2-3-11/h4-5,11-12,15H,2-3,6-10H2,1H3. The smallest absolute Gasteiger partial charge is 0.252 e. The van der Waals surface area contributed by atoms with Crippen LogP contribution in [0.25, 0.3) is 0 Å². The predicted octanol–water partition coefficient (Wildman–Crippen LogP) is 2.17. The summed E-state index contributed by atoms with van der Waals surface area (Å²) in [5, 5.41) is 3.46. The Labute approximate surface area is 135 Å². The van der Waals surface area contributed by atoms with Gasteiger partial charge in [-0.15, -0.1) is 11.3 Å². The van der Waals surface area contributed by atoms with Crippen LogP contribution in [-0.4, -0.2) is 49.9 Å². The van der Waals surface area contributed by atoms with Crippen LogP contribution in [0.2, 0.25) is 0 Å². The van der Waals surface area contributed by atoms with Crippen LogP contribution in [0.3, 0.4) is 0 Å². The Balaban J connectivity index is 1.62. The first kappa shape index (κ1) is 15.8. The quantitative estimate of drug-likeness (QED) is 0.822. The fourth-order valence-electron chi connectivity index (χ4n) is 2.47. The molecule has 21 heavy (non-hydrogen) atoms. The third-order valence-electron chi connectivity index (χ3n) is 4.07. The number of thiophene rings is 1. The van der Waals surface area contributed by atoms with Crippen molar-refractivity contribution in [1.82, 2.24) is 9.62 Å². The lowest BCUT2D eigenvalue weighted by atomic mass is 10.3. The summed E-state index contributed by atoms with van der Waals surface area (Å²) in [5.41, 5.74) is 0. The second kappa shape index (κ2) is 6.58. The fourth-order valence-corrected chi connectivity index (χ4v) is 6.75. The van der Waals surface area contributed by atoms with Gasteiger partial charge >= 0.3 is 0 Å². The van der Waals surface area contributed by atoms with Gasteiger partial charge in [0.25, 0.3) is 10.0 Å². The molecule has 0 bridgehead atoms. The molecule has 4 nitrogen and oxygen atoms in total. The van der Waals surface area contributed by atoms with E-state index in [0.717, 1.165) is 35.8 Å². The van der Waals surface area contributed by atoms with E-state index < -0.39 is 10.0 Å². The summed E-state index contributed by atoms with van der Waals surface area (Å²) in [7, 11) is -1.59. The molecule has 118 valence electrons. The normalized spacial score (nSPS) is 23.0. The van der Waals surface area contributed by atoms with Gasteiger partial charge in [-0.3, -0.25) is 0 Å². The number of sulfonamides is 1. The minimum absolute atomic E-state index is 0.155. The van der Waals surface area contributed by atoms with Crippen molar-refractivity contribution in [3.63, 3.8) is 0 Å². The van der Waals surface area contributed by atoms with E-state index in [2.05, 4.69) is 5.32 Å². The van der Waals surface area contributed by atoms with E-state index >= 15 is 0 Å². The summed E-state index contributed by atoms with van der Waals surface area (Å²) in [6.07, 6.45) is 4.45. The molecular formula is C14H22N2O2S3. The minimum atomic E-state index is -3.31. The van der Waals surface area contributed by atoms with Crippen molar-refractivity contribution < 1.29 is 8.42 Å². The van der Waals surface area contributed by atoms with E-state index in [9.17, 15) is 8.42 Å². The van der Waals surface area contributed by atoms with Crippen molar-refractivity contribution in [3.05, 3.63) is 17.0 Å². The molecule has 3 rings (SSSR count). The van der Waals surface area contributed by atoms with Gasteiger partial charge in [-0.1, -0.05) is 0 Å². The van der Waals surface area contributed by atoms with Gasteiger partial charge in [-0.2, -0.15) is 16.1 Å². The summed E-state index contributed by atoms with van der Waals surface area (Å²) in [6.45, 7) is 0.944. The van der Waals surface area contributed by atoms with Crippen LogP contribution in [-0.2, 0) is 16.4 Å². The maximum absolute atomic E-state index is 12.6. The zero-order valence-electron chi connectivity index (χ0n) is 12.2. The first-order valence-electron chi connectivity index (χ1n) is 7.45. The number of hydrogen-bond donors (Lipinski definition) is 1. The summed E-state index contributed by atoms with van der Waals surface area (Å²) in [4.78, 5) is 1.15. The number of hydrogen-bond acceptors (Lipinski definition) is 5. The van der Waals surface area contributed by atoms with E-state index in [-0.39, 0.29) is 6.04 Å². The summed E-state index contributed by atoms with van der Waals surface area (Å²) in [5.74, 6) is 1.98. The lowest BCUT2D eigenvalue weighted by Crippen LogP contribution is -2.36. The topological polar surface area (TPSA) is 49.4 Å². The van der Waals surface area contributed by atoms with Gasteiger partial charge in [-0.25, -0.2) is 8.42 Å². The van der Waals surface area contributed by atoms with Gasteiger partial charge < -0.3 is 5.32 Å². The monoisotopic (exact) mass is 346 g/mol. The fraction of sp³-hybridized carbons (Fsp3) is 0.714. The molecule has 1 saturated heterocycles. The maximum atomic E-state index is 12.6. The highest BCUT2D eigenvalue weighted by Gasteiger charge is 2.31. The molecule has 0 aromatic carbocycles. The van der Waals surface area contributed by atoms with Crippen LogP contribution < -0.4 is 5.32 Å². The summed E-state index contributed by atoms with van der Waals surface area (Å²) in [6, 6.07) is 4.59. The molecule has 1 aromatic heterocycles. The van der Waals surface area contributed by atoms with Gasteiger partial charge in [0, 0.05) is 36.3 Å². The Morgan fingerprint density at radius 1 is 1.33 bits per heavy atom. The molecule has 1 saturated carbocycles. The molecule has 2 fully saturated rings. The van der Waals surface area contributed by atoms with Gasteiger partial charge in [0.05, 0.1) is 0 Å². The first-order chi connectivity index (χ1) is 10.1. The highest BCUT2D eigenvalue weighted by molar-refractivity contribution is 7.99. The lowest BCUT2D eigenvalue weighted by molar-refractivity contribution is 0.396. The second-order valence-corrected chi connectivity index (χ2v) is 10.3. The van der Waals surface area contributed by atoms with Crippen LogP contribution in [0.1, 0.15) is 24.1 Å². The van der Waals surface area contributed by atoms with E-state index in [4.69, 9.17) is 0 Å². The van der Waals surface area contributed by atoms with Crippen molar-refractivity contribution in [2.24, 2.45) is 0 Å². The van der Waals surface area contributed by atoms with Gasteiger partial charge in [0.15, 0.2) is 0 Å². The van der Waals surface area contributed by atoms with Crippen molar-refractivity contribution in [1.29, 1.82) is 0 Å². The van der Waals surface area contributed by atoms with Gasteiger partial charge in [0.2, 0.25) is 0 Å². The molecule has 1 aliphatic heterocycles. The summed E-state index contributed by atoms with van der Waals surface area (Å²) < 4.78 is 27.3. The number of nitrogens with one attached hydrogen (secondary N) is 1. The van der Waals surface area contributed by atoms with E-state index in [0.29, 0.717) is 10.3 Å². The number of thioether (sulfide) groups is 1. The zero-order valence-corrected chi connectivity index (χ0v) is 14.7.